The molecule has 1 heterocycles. The van der Waals surface area contributed by atoms with Crippen LogP contribution in [0.3, 0.4) is 0 Å². The molecule has 0 spiro atoms. The third kappa shape index (κ3) is 1.51. The average Bonchev–Trinajstić information content (AvgIpc) is 2.11. The van der Waals surface area contributed by atoms with Gasteiger partial charge in [0.2, 0.25) is 9.84 Å². The molecular weight excluding hydrogens is 172 g/mol. The zero-order chi connectivity index (χ0) is 7.78. The fourth-order valence-electron chi connectivity index (χ4n) is 0.431. The molecule has 0 aliphatic carbocycles. The molecule has 0 saturated heterocycles. The zero-order valence-electron chi connectivity index (χ0n) is 5.53. The SMILES string of the molecule is Cc1nc(S(C)(=O)=O)ns1. The van der Waals surface area contributed by atoms with Gasteiger partial charge < -0.3 is 0 Å². The van der Waals surface area contributed by atoms with Crippen molar-refractivity contribution in [2.45, 2.75) is 12.1 Å². The molecular formula is C4H6N2O2S2. The van der Waals surface area contributed by atoms with Crippen molar-refractivity contribution in [3.8, 4) is 0 Å². The van der Waals surface area contributed by atoms with Crippen molar-refractivity contribution < 1.29 is 8.42 Å². The van der Waals surface area contributed by atoms with Crippen molar-refractivity contribution in [2.75, 3.05) is 6.26 Å². The molecule has 4 nitrogen and oxygen atoms in total. The lowest BCUT2D eigenvalue weighted by Crippen LogP contribution is -1.98. The lowest BCUT2D eigenvalue weighted by atomic mass is 10.8. The first-order chi connectivity index (χ1) is 4.50. The van der Waals surface area contributed by atoms with Crippen LogP contribution in [0.5, 0.6) is 0 Å². The van der Waals surface area contributed by atoms with Gasteiger partial charge in [-0.05, 0) is 18.5 Å². The van der Waals surface area contributed by atoms with Gasteiger partial charge in [-0.1, -0.05) is 0 Å². The van der Waals surface area contributed by atoms with E-state index in [1.54, 1.807) is 6.92 Å². The Balaban J connectivity index is 3.21. The summed E-state index contributed by atoms with van der Waals surface area (Å²) in [6, 6.07) is 0. The van der Waals surface area contributed by atoms with Gasteiger partial charge in [-0.3, -0.25) is 0 Å². The second kappa shape index (κ2) is 2.28. The number of sulfone groups is 1. The number of rotatable bonds is 1. The predicted octanol–water partition coefficient (Wildman–Crippen LogP) is 0.250. The van der Waals surface area contributed by atoms with E-state index in [0.29, 0.717) is 5.01 Å². The summed E-state index contributed by atoms with van der Waals surface area (Å²) in [5.74, 6) is 0. The van der Waals surface area contributed by atoms with E-state index in [-0.39, 0.29) is 5.16 Å². The molecule has 0 unspecified atom stereocenters. The Kier molecular flexibility index (Phi) is 1.74. The molecule has 0 fully saturated rings. The Morgan fingerprint density at radius 3 is 2.30 bits per heavy atom. The van der Waals surface area contributed by atoms with Crippen molar-refractivity contribution >= 4 is 21.4 Å². The van der Waals surface area contributed by atoms with E-state index in [2.05, 4.69) is 9.36 Å². The minimum Gasteiger partial charge on any atom is -0.221 e. The molecule has 6 heteroatoms. The normalized spacial score (nSPS) is 11.8. The molecule has 0 atom stereocenters. The fourth-order valence-corrected chi connectivity index (χ4v) is 1.82. The second-order valence-electron chi connectivity index (χ2n) is 1.87. The van der Waals surface area contributed by atoms with E-state index in [4.69, 9.17) is 0 Å². The lowest BCUT2D eigenvalue weighted by molar-refractivity contribution is 0.595. The van der Waals surface area contributed by atoms with Crippen LogP contribution in [0.25, 0.3) is 0 Å². The molecule has 1 aromatic rings. The van der Waals surface area contributed by atoms with Crippen molar-refractivity contribution in [2.24, 2.45) is 0 Å². The van der Waals surface area contributed by atoms with E-state index in [0.717, 1.165) is 17.8 Å². The molecule has 0 aliphatic rings. The van der Waals surface area contributed by atoms with Gasteiger partial charge >= 0.3 is 0 Å². The largest absolute Gasteiger partial charge is 0.258 e. The van der Waals surface area contributed by atoms with Crippen molar-refractivity contribution in [1.29, 1.82) is 0 Å². The topological polar surface area (TPSA) is 59.9 Å². The molecule has 56 valence electrons. The van der Waals surface area contributed by atoms with Gasteiger partial charge in [0.05, 0.1) is 0 Å². The molecule has 0 radical (unpaired) electrons. The Bertz CT molecular complexity index is 327. The highest BCUT2D eigenvalue weighted by Gasteiger charge is 2.11. The number of hydrogen-bond donors (Lipinski definition) is 0. The van der Waals surface area contributed by atoms with E-state index in [1.807, 2.05) is 0 Å². The Morgan fingerprint density at radius 2 is 2.10 bits per heavy atom. The summed E-state index contributed by atoms with van der Waals surface area (Å²) < 4.78 is 25.1. The van der Waals surface area contributed by atoms with Crippen LogP contribution in [0.2, 0.25) is 0 Å². The van der Waals surface area contributed by atoms with Gasteiger partial charge in [-0.2, -0.15) is 4.37 Å². The van der Waals surface area contributed by atoms with Crippen LogP contribution >= 0.6 is 11.5 Å². The number of hydrogen-bond acceptors (Lipinski definition) is 5. The Hall–Kier alpha value is -0.490. The number of aromatic nitrogens is 2. The first-order valence-electron chi connectivity index (χ1n) is 2.50. The number of nitrogens with zero attached hydrogens (tertiary/aromatic N) is 2. The van der Waals surface area contributed by atoms with E-state index in [1.165, 1.54) is 0 Å². The van der Waals surface area contributed by atoms with Crippen LogP contribution in [-0.4, -0.2) is 24.0 Å². The summed E-state index contributed by atoms with van der Waals surface area (Å²) in [6.45, 7) is 1.71. The first-order valence-corrected chi connectivity index (χ1v) is 5.17. The van der Waals surface area contributed by atoms with Gasteiger partial charge in [0.1, 0.15) is 5.01 Å². The molecule has 0 aliphatic heterocycles. The highest BCUT2D eigenvalue weighted by Crippen LogP contribution is 2.06. The summed E-state index contributed by atoms with van der Waals surface area (Å²) in [7, 11) is -3.19. The van der Waals surface area contributed by atoms with Gasteiger partial charge in [0, 0.05) is 6.26 Å². The molecule has 0 aromatic carbocycles. The maximum absolute atomic E-state index is 10.7. The van der Waals surface area contributed by atoms with Crippen molar-refractivity contribution in [3.05, 3.63) is 5.01 Å². The minimum atomic E-state index is -3.19. The molecule has 0 saturated carbocycles. The van der Waals surface area contributed by atoms with Gasteiger partial charge in [-0.15, -0.1) is 0 Å². The summed E-state index contributed by atoms with van der Waals surface area (Å²) in [4.78, 5) is 3.70. The van der Waals surface area contributed by atoms with Crippen LogP contribution in [0.15, 0.2) is 5.16 Å². The molecule has 1 aromatic heterocycles. The third-order valence-corrected chi connectivity index (χ3v) is 2.42. The van der Waals surface area contributed by atoms with Crippen molar-refractivity contribution in [3.63, 3.8) is 0 Å². The molecule has 0 N–H and O–H groups in total. The fraction of sp³-hybridized carbons (Fsp3) is 0.500. The standard InChI is InChI=1S/C4H6N2O2S2/c1-3-5-4(6-9-3)10(2,7)8/h1-2H3. The van der Waals surface area contributed by atoms with Gasteiger partial charge in [-0.25, -0.2) is 13.4 Å². The minimum absolute atomic E-state index is 0.0741. The van der Waals surface area contributed by atoms with Crippen LogP contribution in [0, 0.1) is 6.92 Å². The zero-order valence-corrected chi connectivity index (χ0v) is 7.16. The molecule has 1 rings (SSSR count). The summed E-state index contributed by atoms with van der Waals surface area (Å²) in [5, 5.41) is 0.593. The highest BCUT2D eigenvalue weighted by atomic mass is 32.2. The Morgan fingerprint density at radius 1 is 1.50 bits per heavy atom. The average molecular weight is 178 g/mol. The van der Waals surface area contributed by atoms with Crippen LogP contribution in [0.4, 0.5) is 0 Å². The maximum Gasteiger partial charge on any atom is 0.258 e. The van der Waals surface area contributed by atoms with Crippen LogP contribution in [-0.2, 0) is 9.84 Å². The summed E-state index contributed by atoms with van der Waals surface area (Å²) in [5.41, 5.74) is 0. The summed E-state index contributed by atoms with van der Waals surface area (Å²) in [6.07, 6.45) is 1.09. The Labute approximate surface area is 63.0 Å². The van der Waals surface area contributed by atoms with Crippen molar-refractivity contribution in [1.82, 2.24) is 9.36 Å². The maximum atomic E-state index is 10.7. The highest BCUT2D eigenvalue weighted by molar-refractivity contribution is 7.90. The van der Waals surface area contributed by atoms with Crippen LogP contribution in [0.1, 0.15) is 5.01 Å². The van der Waals surface area contributed by atoms with Gasteiger partial charge in [0.15, 0.2) is 0 Å². The summed E-state index contributed by atoms with van der Waals surface area (Å²) >= 11 is 1.09. The smallest absolute Gasteiger partial charge is 0.221 e. The number of aryl methyl sites for hydroxylation is 1. The molecule has 0 amide bonds. The first kappa shape index (κ1) is 7.62. The third-order valence-electron chi connectivity index (χ3n) is 0.841. The van der Waals surface area contributed by atoms with Crippen LogP contribution < -0.4 is 0 Å². The van der Waals surface area contributed by atoms with E-state index >= 15 is 0 Å². The molecule has 10 heavy (non-hydrogen) atoms. The predicted molar refractivity (Wildman–Crippen MR) is 37.8 cm³/mol. The quantitative estimate of drug-likeness (QED) is 0.618. The second-order valence-corrected chi connectivity index (χ2v) is 4.73. The van der Waals surface area contributed by atoms with E-state index in [9.17, 15) is 8.42 Å². The molecule has 0 bridgehead atoms. The van der Waals surface area contributed by atoms with E-state index < -0.39 is 9.84 Å². The lowest BCUT2D eigenvalue weighted by Gasteiger charge is -1.84. The van der Waals surface area contributed by atoms with Gasteiger partial charge in [0.25, 0.3) is 5.16 Å². The monoisotopic (exact) mass is 178 g/mol.